The highest BCUT2D eigenvalue weighted by atomic mass is 19.1. The monoisotopic (exact) mass is 225 g/mol. The average Bonchev–Trinajstić information content (AvgIpc) is 2.15. The smallest absolute Gasteiger partial charge is 0.338 e. The first-order chi connectivity index (χ1) is 7.61. The molecule has 1 aliphatic rings. The fourth-order valence-electron chi connectivity index (χ4n) is 1.77. The lowest BCUT2D eigenvalue weighted by Crippen LogP contribution is -2.48. The number of hydrogen-bond donors (Lipinski definition) is 2. The number of aliphatic hydroxyl groups is 1. The van der Waals surface area contributed by atoms with E-state index >= 15 is 0 Å². The summed E-state index contributed by atoms with van der Waals surface area (Å²) in [6.07, 6.45) is 0. The Kier molecular flexibility index (Phi) is 2.78. The second kappa shape index (κ2) is 4.09. The van der Waals surface area contributed by atoms with E-state index in [9.17, 15) is 9.18 Å². The summed E-state index contributed by atoms with van der Waals surface area (Å²) in [7, 11) is 0. The maximum atomic E-state index is 13.3. The molecule has 2 rings (SSSR count). The highest BCUT2D eigenvalue weighted by molar-refractivity contribution is 5.88. The van der Waals surface area contributed by atoms with Crippen molar-refractivity contribution in [1.82, 2.24) is 0 Å². The van der Waals surface area contributed by atoms with Gasteiger partial charge >= 0.3 is 5.97 Å². The third kappa shape index (κ3) is 1.86. The lowest BCUT2D eigenvalue weighted by Gasteiger charge is -2.40. The molecule has 0 aliphatic carbocycles. The van der Waals surface area contributed by atoms with Gasteiger partial charge in [-0.3, -0.25) is 0 Å². The second-order valence-corrected chi connectivity index (χ2v) is 3.92. The molecule has 0 aromatic heterocycles. The lowest BCUT2D eigenvalue weighted by molar-refractivity contribution is 0.0692. The Morgan fingerprint density at radius 1 is 1.50 bits per heavy atom. The van der Waals surface area contributed by atoms with Crippen molar-refractivity contribution in [3.8, 4) is 0 Å². The van der Waals surface area contributed by atoms with E-state index in [1.807, 2.05) is 4.90 Å². The van der Waals surface area contributed by atoms with E-state index in [0.717, 1.165) is 0 Å². The van der Waals surface area contributed by atoms with Crippen molar-refractivity contribution < 1.29 is 19.4 Å². The average molecular weight is 225 g/mol. The molecule has 1 saturated heterocycles. The maximum Gasteiger partial charge on any atom is 0.338 e. The van der Waals surface area contributed by atoms with Crippen LogP contribution in [0.25, 0.3) is 0 Å². The fourth-order valence-corrected chi connectivity index (χ4v) is 1.77. The molecule has 1 aromatic rings. The summed E-state index contributed by atoms with van der Waals surface area (Å²) in [5.74, 6) is -1.75. The van der Waals surface area contributed by atoms with Crippen LogP contribution in [0.4, 0.5) is 10.1 Å². The number of carboxylic acid groups (broad SMARTS) is 1. The summed E-state index contributed by atoms with van der Waals surface area (Å²) < 4.78 is 13.3. The molecule has 5 heteroatoms. The number of halogens is 1. The van der Waals surface area contributed by atoms with Gasteiger partial charge in [0.25, 0.3) is 0 Å². The standard InChI is InChI=1S/C11H12FNO3/c12-10-3-8(1-2-9(10)11(15)16)13-4-7(5-13)6-14/h1-3,7,14H,4-6H2,(H,15,16). The van der Waals surface area contributed by atoms with Crippen molar-refractivity contribution >= 4 is 11.7 Å². The van der Waals surface area contributed by atoms with Gasteiger partial charge < -0.3 is 15.1 Å². The molecule has 1 aromatic carbocycles. The van der Waals surface area contributed by atoms with E-state index in [0.29, 0.717) is 18.8 Å². The van der Waals surface area contributed by atoms with Gasteiger partial charge in [0.2, 0.25) is 0 Å². The van der Waals surface area contributed by atoms with E-state index in [2.05, 4.69) is 0 Å². The minimum Gasteiger partial charge on any atom is -0.478 e. The molecule has 0 amide bonds. The van der Waals surface area contributed by atoms with Crippen molar-refractivity contribution in [2.75, 3.05) is 24.6 Å². The van der Waals surface area contributed by atoms with Crippen molar-refractivity contribution in [2.24, 2.45) is 5.92 Å². The lowest BCUT2D eigenvalue weighted by atomic mass is 10.00. The summed E-state index contributed by atoms with van der Waals surface area (Å²) in [6.45, 7) is 1.50. The first kappa shape index (κ1) is 10.9. The van der Waals surface area contributed by atoms with Crippen molar-refractivity contribution in [2.45, 2.75) is 0 Å². The highest BCUT2D eigenvalue weighted by Gasteiger charge is 2.26. The van der Waals surface area contributed by atoms with Gasteiger partial charge in [0.05, 0.1) is 5.56 Å². The number of rotatable bonds is 3. The zero-order valence-corrected chi connectivity index (χ0v) is 8.56. The maximum absolute atomic E-state index is 13.3. The molecule has 1 heterocycles. The third-order valence-corrected chi connectivity index (χ3v) is 2.76. The Morgan fingerprint density at radius 2 is 2.19 bits per heavy atom. The molecule has 1 aliphatic heterocycles. The molecule has 16 heavy (non-hydrogen) atoms. The largest absolute Gasteiger partial charge is 0.478 e. The minimum absolute atomic E-state index is 0.131. The molecule has 0 radical (unpaired) electrons. The number of aliphatic hydroxyl groups excluding tert-OH is 1. The van der Waals surface area contributed by atoms with Crippen molar-refractivity contribution in [3.63, 3.8) is 0 Å². The Labute approximate surface area is 91.9 Å². The van der Waals surface area contributed by atoms with Crippen LogP contribution in [-0.4, -0.2) is 35.9 Å². The SMILES string of the molecule is O=C(O)c1ccc(N2CC(CO)C2)cc1F. The van der Waals surface area contributed by atoms with Gasteiger partial charge in [0.1, 0.15) is 5.82 Å². The Balaban J connectivity index is 2.13. The first-order valence-corrected chi connectivity index (χ1v) is 5.00. The number of nitrogens with zero attached hydrogens (tertiary/aromatic N) is 1. The molecule has 0 atom stereocenters. The van der Waals surface area contributed by atoms with Crippen LogP contribution in [0.3, 0.4) is 0 Å². The Bertz CT molecular complexity index is 416. The molecule has 0 unspecified atom stereocenters. The second-order valence-electron chi connectivity index (χ2n) is 3.92. The van der Waals surface area contributed by atoms with Crippen LogP contribution in [0.1, 0.15) is 10.4 Å². The highest BCUT2D eigenvalue weighted by Crippen LogP contribution is 2.25. The molecule has 0 saturated carbocycles. The van der Waals surface area contributed by atoms with Crippen LogP contribution in [0, 0.1) is 11.7 Å². The van der Waals surface area contributed by atoms with Gasteiger partial charge in [-0.05, 0) is 18.2 Å². The van der Waals surface area contributed by atoms with Crippen LogP contribution in [0.15, 0.2) is 18.2 Å². The van der Waals surface area contributed by atoms with Gasteiger partial charge in [-0.2, -0.15) is 0 Å². The molecule has 2 N–H and O–H groups in total. The molecule has 4 nitrogen and oxygen atoms in total. The zero-order valence-electron chi connectivity index (χ0n) is 8.56. The number of aromatic carboxylic acids is 1. The Hall–Kier alpha value is -1.62. The van der Waals surface area contributed by atoms with Gasteiger partial charge in [0, 0.05) is 31.3 Å². The van der Waals surface area contributed by atoms with E-state index < -0.39 is 11.8 Å². The van der Waals surface area contributed by atoms with Gasteiger partial charge in [-0.1, -0.05) is 0 Å². The minimum atomic E-state index is -1.26. The van der Waals surface area contributed by atoms with Crippen LogP contribution in [0.5, 0.6) is 0 Å². The summed E-state index contributed by atoms with van der Waals surface area (Å²) in [6, 6.07) is 4.07. The van der Waals surface area contributed by atoms with E-state index in [-0.39, 0.29) is 18.1 Å². The predicted octanol–water partition coefficient (Wildman–Crippen LogP) is 0.952. The predicted molar refractivity (Wildman–Crippen MR) is 56.1 cm³/mol. The van der Waals surface area contributed by atoms with Crippen molar-refractivity contribution in [3.05, 3.63) is 29.6 Å². The van der Waals surface area contributed by atoms with Crippen LogP contribution in [0.2, 0.25) is 0 Å². The van der Waals surface area contributed by atoms with Crippen LogP contribution < -0.4 is 4.90 Å². The normalized spacial score (nSPS) is 16.0. The number of carbonyl (C=O) groups is 1. The molecular formula is C11H12FNO3. The Morgan fingerprint density at radius 3 is 2.69 bits per heavy atom. The van der Waals surface area contributed by atoms with Gasteiger partial charge in [-0.15, -0.1) is 0 Å². The summed E-state index contributed by atoms with van der Waals surface area (Å²) in [5.41, 5.74) is 0.343. The molecule has 0 bridgehead atoms. The third-order valence-electron chi connectivity index (χ3n) is 2.76. The number of anilines is 1. The number of benzene rings is 1. The quantitative estimate of drug-likeness (QED) is 0.804. The summed E-state index contributed by atoms with van der Waals surface area (Å²) in [5, 5.41) is 17.5. The summed E-state index contributed by atoms with van der Waals surface area (Å²) >= 11 is 0. The molecule has 86 valence electrons. The topological polar surface area (TPSA) is 60.8 Å². The number of carboxylic acids is 1. The van der Waals surface area contributed by atoms with Crippen molar-refractivity contribution in [1.29, 1.82) is 0 Å². The molecular weight excluding hydrogens is 213 g/mol. The van der Waals surface area contributed by atoms with E-state index in [4.69, 9.17) is 10.2 Å². The van der Waals surface area contributed by atoms with Crippen LogP contribution in [-0.2, 0) is 0 Å². The zero-order chi connectivity index (χ0) is 11.7. The number of hydrogen-bond acceptors (Lipinski definition) is 3. The van der Waals surface area contributed by atoms with Gasteiger partial charge in [0.15, 0.2) is 0 Å². The molecule has 0 spiro atoms. The van der Waals surface area contributed by atoms with E-state index in [1.54, 1.807) is 6.07 Å². The van der Waals surface area contributed by atoms with Gasteiger partial charge in [-0.25, -0.2) is 9.18 Å². The van der Waals surface area contributed by atoms with E-state index in [1.165, 1.54) is 12.1 Å². The fraction of sp³-hybridized carbons (Fsp3) is 0.364. The van der Waals surface area contributed by atoms with Crippen LogP contribution >= 0.6 is 0 Å². The first-order valence-electron chi connectivity index (χ1n) is 5.00. The summed E-state index contributed by atoms with van der Waals surface area (Å²) in [4.78, 5) is 12.5. The molecule has 1 fully saturated rings.